The zero-order chi connectivity index (χ0) is 18.5. The molecule has 0 aliphatic rings. The summed E-state index contributed by atoms with van der Waals surface area (Å²) in [5, 5.41) is 6.64. The van der Waals surface area contributed by atoms with Gasteiger partial charge >= 0.3 is 0 Å². The molecule has 3 aromatic rings. The van der Waals surface area contributed by atoms with Gasteiger partial charge in [0.2, 0.25) is 5.95 Å². The van der Waals surface area contributed by atoms with Crippen LogP contribution in [-0.4, -0.2) is 9.97 Å². The van der Waals surface area contributed by atoms with Crippen molar-refractivity contribution in [3.05, 3.63) is 76.7 Å². The molecule has 0 fully saturated rings. The molecule has 0 aliphatic heterocycles. The van der Waals surface area contributed by atoms with Gasteiger partial charge in [-0.3, -0.25) is 0 Å². The molecule has 0 spiro atoms. The Morgan fingerprint density at radius 2 is 1.77 bits per heavy atom. The zero-order valence-electron chi connectivity index (χ0n) is 15.3. The zero-order valence-corrected chi connectivity index (χ0v) is 15.3. The van der Waals surface area contributed by atoms with Crippen molar-refractivity contribution in [2.45, 2.75) is 33.7 Å². The third-order valence-electron chi connectivity index (χ3n) is 4.22. The van der Waals surface area contributed by atoms with Crippen molar-refractivity contribution in [3.63, 3.8) is 0 Å². The highest BCUT2D eigenvalue weighted by Crippen LogP contribution is 2.24. The van der Waals surface area contributed by atoms with Crippen LogP contribution in [0.25, 0.3) is 0 Å². The van der Waals surface area contributed by atoms with E-state index in [-0.39, 0.29) is 5.82 Å². The number of para-hydroxylation sites is 1. The molecule has 5 heteroatoms. The maximum absolute atomic E-state index is 13.0. The highest BCUT2D eigenvalue weighted by molar-refractivity contribution is 5.64. The Labute approximate surface area is 153 Å². The number of nitrogens with one attached hydrogen (secondary N) is 2. The summed E-state index contributed by atoms with van der Waals surface area (Å²) in [6, 6.07) is 14.6. The first kappa shape index (κ1) is 17.9. The molecule has 1 heterocycles. The van der Waals surface area contributed by atoms with E-state index in [0.717, 1.165) is 34.7 Å². The van der Waals surface area contributed by atoms with Crippen molar-refractivity contribution >= 4 is 17.5 Å². The van der Waals surface area contributed by atoms with Gasteiger partial charge in [0.05, 0.1) is 0 Å². The van der Waals surface area contributed by atoms with Crippen LogP contribution in [-0.2, 0) is 13.0 Å². The van der Waals surface area contributed by atoms with E-state index in [9.17, 15) is 4.39 Å². The summed E-state index contributed by atoms with van der Waals surface area (Å²) in [4.78, 5) is 9.07. The number of aromatic nitrogens is 2. The lowest BCUT2D eigenvalue weighted by Crippen LogP contribution is -2.07. The first-order valence-electron chi connectivity index (χ1n) is 8.74. The Morgan fingerprint density at radius 3 is 2.50 bits per heavy atom. The molecule has 0 atom stereocenters. The van der Waals surface area contributed by atoms with Crippen LogP contribution in [0.15, 0.2) is 48.5 Å². The fraction of sp³-hybridized carbons (Fsp3) is 0.238. The second kappa shape index (κ2) is 7.95. The first-order valence-corrected chi connectivity index (χ1v) is 8.74. The summed E-state index contributed by atoms with van der Waals surface area (Å²) >= 11 is 0. The first-order chi connectivity index (χ1) is 12.5. The van der Waals surface area contributed by atoms with Crippen molar-refractivity contribution in [1.29, 1.82) is 0 Å². The lowest BCUT2D eigenvalue weighted by atomic mass is 10.1. The van der Waals surface area contributed by atoms with Crippen molar-refractivity contribution in [2.24, 2.45) is 0 Å². The van der Waals surface area contributed by atoms with Crippen LogP contribution in [0.3, 0.4) is 0 Å². The SMILES string of the molecule is CCc1cccc(C)c1Nc1nc(C)cc(NCc2ccc(F)cc2)n1. The topological polar surface area (TPSA) is 49.8 Å². The van der Waals surface area contributed by atoms with Gasteiger partial charge in [0.15, 0.2) is 0 Å². The molecule has 2 aromatic carbocycles. The summed E-state index contributed by atoms with van der Waals surface area (Å²) < 4.78 is 13.0. The van der Waals surface area contributed by atoms with Crippen LogP contribution in [0.1, 0.15) is 29.3 Å². The minimum absolute atomic E-state index is 0.233. The molecule has 0 unspecified atom stereocenters. The minimum atomic E-state index is -0.233. The maximum atomic E-state index is 13.0. The van der Waals surface area contributed by atoms with E-state index in [1.54, 1.807) is 12.1 Å². The highest BCUT2D eigenvalue weighted by atomic mass is 19.1. The summed E-state index contributed by atoms with van der Waals surface area (Å²) in [5.41, 5.74) is 5.32. The van der Waals surface area contributed by atoms with Crippen LogP contribution in [0.5, 0.6) is 0 Å². The summed E-state index contributed by atoms with van der Waals surface area (Å²) in [7, 11) is 0. The fourth-order valence-corrected chi connectivity index (χ4v) is 2.82. The Balaban J connectivity index is 1.78. The Kier molecular flexibility index (Phi) is 5.46. The van der Waals surface area contributed by atoms with E-state index in [1.807, 2.05) is 13.0 Å². The lowest BCUT2D eigenvalue weighted by molar-refractivity contribution is 0.627. The Morgan fingerprint density at radius 1 is 1.00 bits per heavy atom. The van der Waals surface area contributed by atoms with Gasteiger partial charge in [-0.1, -0.05) is 37.3 Å². The van der Waals surface area contributed by atoms with Crippen LogP contribution in [0.2, 0.25) is 0 Å². The van der Waals surface area contributed by atoms with Crippen LogP contribution in [0.4, 0.5) is 21.8 Å². The smallest absolute Gasteiger partial charge is 0.229 e. The molecule has 0 saturated heterocycles. The van der Waals surface area contributed by atoms with E-state index < -0.39 is 0 Å². The number of hydrogen-bond donors (Lipinski definition) is 2. The third-order valence-corrected chi connectivity index (χ3v) is 4.22. The summed E-state index contributed by atoms with van der Waals surface area (Å²) in [6.07, 6.45) is 0.936. The van der Waals surface area contributed by atoms with Crippen LogP contribution in [0, 0.1) is 19.7 Å². The van der Waals surface area contributed by atoms with Gasteiger partial charge in [0.25, 0.3) is 0 Å². The van der Waals surface area contributed by atoms with Crippen LogP contribution < -0.4 is 10.6 Å². The average molecular weight is 350 g/mol. The van der Waals surface area contributed by atoms with Crippen molar-refractivity contribution in [2.75, 3.05) is 10.6 Å². The van der Waals surface area contributed by atoms with E-state index in [0.29, 0.717) is 12.5 Å². The largest absolute Gasteiger partial charge is 0.366 e. The minimum Gasteiger partial charge on any atom is -0.366 e. The van der Waals surface area contributed by atoms with Crippen molar-refractivity contribution < 1.29 is 4.39 Å². The molecule has 1 aromatic heterocycles. The molecule has 26 heavy (non-hydrogen) atoms. The third kappa shape index (κ3) is 4.36. The van der Waals surface area contributed by atoms with Gasteiger partial charge in [-0.25, -0.2) is 9.37 Å². The second-order valence-electron chi connectivity index (χ2n) is 6.29. The van der Waals surface area contributed by atoms with Gasteiger partial charge in [-0.05, 0) is 49.1 Å². The van der Waals surface area contributed by atoms with Gasteiger partial charge in [-0.2, -0.15) is 4.98 Å². The molecule has 0 radical (unpaired) electrons. The molecule has 0 saturated carbocycles. The number of anilines is 3. The summed E-state index contributed by atoms with van der Waals surface area (Å²) in [6.45, 7) is 6.72. The van der Waals surface area contributed by atoms with Gasteiger partial charge in [0.1, 0.15) is 11.6 Å². The van der Waals surface area contributed by atoms with Gasteiger partial charge in [0, 0.05) is 24.0 Å². The predicted molar refractivity (Wildman–Crippen MR) is 104 cm³/mol. The molecule has 0 bridgehead atoms. The molecule has 3 rings (SSSR count). The second-order valence-corrected chi connectivity index (χ2v) is 6.29. The number of benzene rings is 2. The molecular formula is C21H23FN4. The summed E-state index contributed by atoms with van der Waals surface area (Å²) in [5.74, 6) is 1.06. The quantitative estimate of drug-likeness (QED) is 0.645. The Hall–Kier alpha value is -2.95. The maximum Gasteiger partial charge on any atom is 0.229 e. The van der Waals surface area contributed by atoms with Gasteiger partial charge < -0.3 is 10.6 Å². The molecule has 2 N–H and O–H groups in total. The number of hydrogen-bond acceptors (Lipinski definition) is 4. The average Bonchev–Trinajstić information content (AvgIpc) is 2.62. The van der Waals surface area contributed by atoms with E-state index >= 15 is 0 Å². The van der Waals surface area contributed by atoms with Crippen molar-refractivity contribution in [1.82, 2.24) is 9.97 Å². The predicted octanol–water partition coefficient (Wildman–Crippen LogP) is 5.15. The Bertz CT molecular complexity index is 891. The fourth-order valence-electron chi connectivity index (χ4n) is 2.82. The monoisotopic (exact) mass is 350 g/mol. The molecule has 4 nitrogen and oxygen atoms in total. The molecule has 0 aliphatic carbocycles. The molecular weight excluding hydrogens is 327 g/mol. The normalized spacial score (nSPS) is 10.6. The number of halogens is 1. The number of nitrogens with zero attached hydrogens (tertiary/aromatic N) is 2. The standard InChI is InChI=1S/C21H23FN4/c1-4-17-7-5-6-14(2)20(17)26-21-24-15(3)12-19(25-21)23-13-16-8-10-18(22)11-9-16/h5-12H,4,13H2,1-3H3,(H2,23,24,25,26). The van der Waals surface area contributed by atoms with E-state index in [4.69, 9.17) is 0 Å². The molecule has 134 valence electrons. The highest BCUT2D eigenvalue weighted by Gasteiger charge is 2.08. The van der Waals surface area contributed by atoms with Gasteiger partial charge in [-0.15, -0.1) is 0 Å². The molecule has 0 amide bonds. The van der Waals surface area contributed by atoms with Crippen LogP contribution >= 0.6 is 0 Å². The lowest BCUT2D eigenvalue weighted by Gasteiger charge is -2.14. The number of rotatable bonds is 6. The van der Waals surface area contributed by atoms with Crippen molar-refractivity contribution in [3.8, 4) is 0 Å². The number of aryl methyl sites for hydroxylation is 3. The van der Waals surface area contributed by atoms with E-state index in [2.05, 4.69) is 52.6 Å². The van der Waals surface area contributed by atoms with E-state index in [1.165, 1.54) is 17.7 Å².